The van der Waals surface area contributed by atoms with Crippen LogP contribution in [0, 0.1) is 5.82 Å². The number of nitrogens with zero attached hydrogens (tertiary/aromatic N) is 1. The van der Waals surface area contributed by atoms with Crippen molar-refractivity contribution in [1.82, 2.24) is 9.62 Å². The number of carbonyl (C=O) groups excluding carboxylic acids is 1. The number of halogens is 1. The Morgan fingerprint density at radius 1 is 1.35 bits per heavy atom. The number of amides is 1. The molecule has 1 aromatic carbocycles. The number of carbonyl (C=O) groups is 1. The molecule has 0 fully saturated rings. The van der Waals surface area contributed by atoms with Crippen molar-refractivity contribution in [2.45, 2.75) is 18.7 Å². The first-order valence-electron chi connectivity index (χ1n) is 6.14. The molecule has 3 N–H and O–H groups in total. The zero-order valence-corrected chi connectivity index (χ0v) is 12.2. The number of nitrogens with one attached hydrogen (secondary N) is 1. The first-order valence-corrected chi connectivity index (χ1v) is 7.62. The van der Waals surface area contributed by atoms with Crippen LogP contribution in [0.5, 0.6) is 0 Å². The highest BCUT2D eigenvalue weighted by molar-refractivity contribution is 7.89. The van der Waals surface area contributed by atoms with Gasteiger partial charge in [0.25, 0.3) is 0 Å². The minimum Gasteiger partial charge on any atom is -0.396 e. The van der Waals surface area contributed by atoms with E-state index in [2.05, 4.69) is 4.72 Å². The van der Waals surface area contributed by atoms with Crippen molar-refractivity contribution in [3.05, 3.63) is 24.0 Å². The normalized spacial score (nSPS) is 11.3. The van der Waals surface area contributed by atoms with Crippen molar-refractivity contribution in [2.75, 3.05) is 25.4 Å². The van der Waals surface area contributed by atoms with E-state index in [0.29, 0.717) is 13.1 Å². The predicted molar refractivity (Wildman–Crippen MR) is 73.9 cm³/mol. The number of anilines is 1. The van der Waals surface area contributed by atoms with Gasteiger partial charge < -0.3 is 10.6 Å². The van der Waals surface area contributed by atoms with E-state index < -0.39 is 15.8 Å². The second-order valence-electron chi connectivity index (χ2n) is 4.07. The van der Waals surface area contributed by atoms with Gasteiger partial charge >= 0.3 is 0 Å². The first-order chi connectivity index (χ1) is 9.31. The standard InChI is InChI=1S/C12H18FN3O3S/c1-3-16(4-2)12(17)8-15-20(18,19)9-5-6-10(13)11(14)7-9/h5-7,15H,3-4,8,14H2,1-2H3. The molecule has 0 unspecified atom stereocenters. The number of nitrogen functional groups attached to an aromatic ring is 1. The molecule has 0 saturated heterocycles. The molecule has 0 aliphatic rings. The molecule has 0 aliphatic heterocycles. The van der Waals surface area contributed by atoms with Crippen LogP contribution in [0.3, 0.4) is 0 Å². The Morgan fingerprint density at radius 3 is 2.45 bits per heavy atom. The van der Waals surface area contributed by atoms with E-state index in [0.717, 1.165) is 18.2 Å². The summed E-state index contributed by atoms with van der Waals surface area (Å²) in [5, 5.41) is 0. The van der Waals surface area contributed by atoms with Crippen LogP contribution >= 0.6 is 0 Å². The molecular formula is C12H18FN3O3S. The fraction of sp³-hybridized carbons (Fsp3) is 0.417. The number of rotatable bonds is 6. The highest BCUT2D eigenvalue weighted by atomic mass is 32.2. The molecule has 0 aliphatic carbocycles. The second-order valence-corrected chi connectivity index (χ2v) is 5.84. The van der Waals surface area contributed by atoms with Gasteiger partial charge in [-0.3, -0.25) is 4.79 Å². The smallest absolute Gasteiger partial charge is 0.241 e. The zero-order valence-electron chi connectivity index (χ0n) is 11.4. The van der Waals surface area contributed by atoms with Crippen molar-refractivity contribution in [1.29, 1.82) is 0 Å². The molecule has 0 heterocycles. The summed E-state index contributed by atoms with van der Waals surface area (Å²) in [5.41, 5.74) is 5.06. The summed E-state index contributed by atoms with van der Waals surface area (Å²) >= 11 is 0. The molecule has 0 bridgehead atoms. The van der Waals surface area contributed by atoms with E-state index in [1.165, 1.54) is 4.90 Å². The topological polar surface area (TPSA) is 92.5 Å². The quantitative estimate of drug-likeness (QED) is 0.751. The SMILES string of the molecule is CCN(CC)C(=O)CNS(=O)(=O)c1ccc(F)c(N)c1. The third-order valence-electron chi connectivity index (χ3n) is 2.81. The summed E-state index contributed by atoms with van der Waals surface area (Å²) in [4.78, 5) is 13.0. The molecule has 6 nitrogen and oxygen atoms in total. The lowest BCUT2D eigenvalue weighted by molar-refractivity contribution is -0.129. The maximum Gasteiger partial charge on any atom is 0.241 e. The summed E-state index contributed by atoms with van der Waals surface area (Å²) in [5.74, 6) is -1.02. The lowest BCUT2D eigenvalue weighted by Gasteiger charge is -2.18. The maximum absolute atomic E-state index is 13.0. The van der Waals surface area contributed by atoms with Crippen LogP contribution in [0.2, 0.25) is 0 Å². The molecule has 8 heteroatoms. The van der Waals surface area contributed by atoms with Gasteiger partial charge in [0.15, 0.2) is 0 Å². The van der Waals surface area contributed by atoms with E-state index in [1.54, 1.807) is 13.8 Å². The second kappa shape index (κ2) is 6.67. The largest absolute Gasteiger partial charge is 0.396 e. The van der Waals surface area contributed by atoms with Crippen LogP contribution in [0.15, 0.2) is 23.1 Å². The van der Waals surface area contributed by atoms with Crippen molar-refractivity contribution >= 4 is 21.6 Å². The Labute approximate surface area is 117 Å². The maximum atomic E-state index is 13.0. The fourth-order valence-corrected chi connectivity index (χ4v) is 2.63. The van der Waals surface area contributed by atoms with E-state index in [4.69, 9.17) is 5.73 Å². The minimum atomic E-state index is -3.89. The number of hydrogen-bond acceptors (Lipinski definition) is 4. The van der Waals surface area contributed by atoms with Crippen molar-refractivity contribution in [3.63, 3.8) is 0 Å². The van der Waals surface area contributed by atoms with Crippen LogP contribution in [-0.2, 0) is 14.8 Å². The molecule has 0 saturated carbocycles. The molecule has 0 atom stereocenters. The van der Waals surface area contributed by atoms with E-state index >= 15 is 0 Å². The summed E-state index contributed by atoms with van der Waals surface area (Å²) in [6.45, 7) is 4.26. The van der Waals surface area contributed by atoms with E-state index in [1.807, 2.05) is 0 Å². The minimum absolute atomic E-state index is 0.177. The van der Waals surface area contributed by atoms with Crippen LogP contribution in [0.25, 0.3) is 0 Å². The van der Waals surface area contributed by atoms with Gasteiger partial charge in [0.2, 0.25) is 15.9 Å². The predicted octanol–water partition coefficient (Wildman–Crippen LogP) is 0.555. The van der Waals surface area contributed by atoms with Gasteiger partial charge in [-0.05, 0) is 32.0 Å². The number of likely N-dealkylation sites (N-methyl/N-ethyl adjacent to an activating group) is 1. The first kappa shape index (κ1) is 16.4. The van der Waals surface area contributed by atoms with Crippen LogP contribution in [0.1, 0.15) is 13.8 Å². The van der Waals surface area contributed by atoms with E-state index in [-0.39, 0.29) is 23.0 Å². The molecule has 0 aromatic heterocycles. The monoisotopic (exact) mass is 303 g/mol. The summed E-state index contributed by atoms with van der Waals surface area (Å²) in [6, 6.07) is 3.07. The summed E-state index contributed by atoms with van der Waals surface area (Å²) < 4.78 is 39.1. The molecule has 112 valence electrons. The Morgan fingerprint density at radius 2 is 1.95 bits per heavy atom. The van der Waals surface area contributed by atoms with E-state index in [9.17, 15) is 17.6 Å². The number of sulfonamides is 1. The fourth-order valence-electron chi connectivity index (χ4n) is 1.62. The van der Waals surface area contributed by atoms with Gasteiger partial charge in [-0.1, -0.05) is 0 Å². The molecule has 1 rings (SSSR count). The zero-order chi connectivity index (χ0) is 15.3. The van der Waals surface area contributed by atoms with Crippen LogP contribution < -0.4 is 10.5 Å². The highest BCUT2D eigenvalue weighted by Gasteiger charge is 2.18. The lowest BCUT2D eigenvalue weighted by atomic mass is 10.3. The molecule has 1 amide bonds. The molecule has 0 radical (unpaired) electrons. The molecule has 0 spiro atoms. The molecular weight excluding hydrogens is 285 g/mol. The Balaban J connectivity index is 2.80. The van der Waals surface area contributed by atoms with Gasteiger partial charge in [0.1, 0.15) is 5.82 Å². The molecule has 20 heavy (non-hydrogen) atoms. The van der Waals surface area contributed by atoms with Gasteiger partial charge in [-0.25, -0.2) is 17.5 Å². The summed E-state index contributed by atoms with van der Waals surface area (Å²) in [6.07, 6.45) is 0. The number of hydrogen-bond donors (Lipinski definition) is 2. The third kappa shape index (κ3) is 3.91. The van der Waals surface area contributed by atoms with Gasteiger partial charge in [-0.2, -0.15) is 0 Å². The molecule has 1 aromatic rings. The average Bonchev–Trinajstić information content (AvgIpc) is 2.41. The highest BCUT2D eigenvalue weighted by Crippen LogP contribution is 2.16. The third-order valence-corrected chi connectivity index (χ3v) is 4.21. The van der Waals surface area contributed by atoms with Crippen LogP contribution in [-0.4, -0.2) is 38.9 Å². The van der Waals surface area contributed by atoms with Crippen molar-refractivity contribution in [3.8, 4) is 0 Å². The van der Waals surface area contributed by atoms with Crippen molar-refractivity contribution < 1.29 is 17.6 Å². The van der Waals surface area contributed by atoms with Gasteiger partial charge in [-0.15, -0.1) is 0 Å². The Bertz CT molecular complexity index is 586. The van der Waals surface area contributed by atoms with Crippen LogP contribution in [0.4, 0.5) is 10.1 Å². The Kier molecular flexibility index (Phi) is 5.46. The lowest BCUT2D eigenvalue weighted by Crippen LogP contribution is -2.39. The van der Waals surface area contributed by atoms with Gasteiger partial charge in [0.05, 0.1) is 17.1 Å². The van der Waals surface area contributed by atoms with Crippen molar-refractivity contribution in [2.24, 2.45) is 0 Å². The average molecular weight is 303 g/mol. The number of benzene rings is 1. The number of nitrogens with two attached hydrogens (primary N) is 1. The van der Waals surface area contributed by atoms with Gasteiger partial charge in [0, 0.05) is 13.1 Å². The Hall–Kier alpha value is -1.67. The summed E-state index contributed by atoms with van der Waals surface area (Å²) in [7, 11) is -3.89.